The van der Waals surface area contributed by atoms with Crippen LogP contribution >= 0.6 is 23.1 Å². The number of thioether (sulfide) groups is 1. The Morgan fingerprint density at radius 1 is 1.07 bits per heavy atom. The number of fused-ring (bicyclic) bond motifs is 1. The lowest BCUT2D eigenvalue weighted by atomic mass is 10.0. The van der Waals surface area contributed by atoms with Gasteiger partial charge in [0.1, 0.15) is 4.83 Å². The van der Waals surface area contributed by atoms with E-state index in [1.54, 1.807) is 17.5 Å². The molecule has 27 heavy (non-hydrogen) atoms. The molecule has 136 valence electrons. The summed E-state index contributed by atoms with van der Waals surface area (Å²) in [7, 11) is 0. The molecule has 0 spiro atoms. The van der Waals surface area contributed by atoms with Crippen molar-refractivity contribution in [2.45, 2.75) is 24.0 Å². The Kier molecular flexibility index (Phi) is 5.41. The van der Waals surface area contributed by atoms with E-state index in [2.05, 4.69) is 42.2 Å². The molecule has 0 amide bonds. The van der Waals surface area contributed by atoms with Crippen LogP contribution in [0.15, 0.2) is 65.1 Å². The lowest BCUT2D eigenvalue weighted by Crippen LogP contribution is -1.91. The molecule has 0 saturated heterocycles. The predicted molar refractivity (Wildman–Crippen MR) is 118 cm³/mol. The van der Waals surface area contributed by atoms with E-state index >= 15 is 0 Å². The van der Waals surface area contributed by atoms with Crippen LogP contribution in [0.4, 0.5) is 5.69 Å². The monoisotopic (exact) mass is 391 g/mol. The number of rotatable bonds is 6. The lowest BCUT2D eigenvalue weighted by Gasteiger charge is -2.08. The molecule has 4 aromatic rings. The van der Waals surface area contributed by atoms with Gasteiger partial charge in [-0.1, -0.05) is 43.7 Å². The van der Waals surface area contributed by atoms with Gasteiger partial charge in [0.2, 0.25) is 0 Å². The van der Waals surface area contributed by atoms with Crippen LogP contribution in [0.3, 0.4) is 0 Å². The van der Waals surface area contributed by atoms with Gasteiger partial charge in [-0.2, -0.15) is 0 Å². The van der Waals surface area contributed by atoms with Crippen LogP contribution in [0.25, 0.3) is 32.6 Å². The van der Waals surface area contributed by atoms with E-state index in [1.807, 2.05) is 36.2 Å². The van der Waals surface area contributed by atoms with Gasteiger partial charge in [0.15, 0.2) is 0 Å². The van der Waals surface area contributed by atoms with Crippen LogP contribution < -0.4 is 5.73 Å². The van der Waals surface area contributed by atoms with Crippen molar-refractivity contribution in [3.05, 3.63) is 60.9 Å². The van der Waals surface area contributed by atoms with Crippen molar-refractivity contribution in [3.8, 4) is 22.4 Å². The van der Waals surface area contributed by atoms with Crippen LogP contribution in [0.2, 0.25) is 0 Å². The smallest absolute Gasteiger partial charge is 0.127 e. The highest BCUT2D eigenvalue weighted by molar-refractivity contribution is 8.01. The molecule has 0 unspecified atom stereocenters. The normalized spacial score (nSPS) is 11.1. The topological polar surface area (TPSA) is 51.8 Å². The molecule has 2 N–H and O–H groups in total. The summed E-state index contributed by atoms with van der Waals surface area (Å²) >= 11 is 3.54. The van der Waals surface area contributed by atoms with Crippen molar-refractivity contribution in [1.82, 2.24) is 9.97 Å². The maximum atomic E-state index is 6.59. The van der Waals surface area contributed by atoms with Crippen LogP contribution in [-0.2, 0) is 0 Å². The molecule has 0 aliphatic carbocycles. The highest BCUT2D eigenvalue weighted by Gasteiger charge is 2.17. The number of pyridine rings is 2. The summed E-state index contributed by atoms with van der Waals surface area (Å²) < 4.78 is 1.17. The number of anilines is 1. The fourth-order valence-electron chi connectivity index (χ4n) is 3.02. The number of nitrogen functional groups attached to an aromatic ring is 1. The first-order chi connectivity index (χ1) is 13.3. The zero-order valence-corrected chi connectivity index (χ0v) is 16.8. The van der Waals surface area contributed by atoms with Crippen LogP contribution in [-0.4, -0.2) is 15.7 Å². The van der Waals surface area contributed by atoms with Crippen molar-refractivity contribution < 1.29 is 0 Å². The Morgan fingerprint density at radius 2 is 1.89 bits per heavy atom. The summed E-state index contributed by atoms with van der Waals surface area (Å²) in [4.78, 5) is 10.2. The van der Waals surface area contributed by atoms with E-state index < -0.39 is 0 Å². The average Bonchev–Trinajstić information content (AvgIpc) is 3.04. The summed E-state index contributed by atoms with van der Waals surface area (Å²) in [6, 6.07) is 16.5. The van der Waals surface area contributed by atoms with Gasteiger partial charge >= 0.3 is 0 Å². The minimum atomic E-state index is 0.861. The van der Waals surface area contributed by atoms with Gasteiger partial charge in [-0.15, -0.1) is 23.1 Å². The fourth-order valence-corrected chi connectivity index (χ4v) is 5.48. The maximum Gasteiger partial charge on any atom is 0.127 e. The number of nitrogens with two attached hydrogens (primary N) is 1. The van der Waals surface area contributed by atoms with Gasteiger partial charge in [-0.25, -0.2) is 4.98 Å². The Labute approximate surface area is 167 Å². The molecule has 0 saturated carbocycles. The summed E-state index contributed by atoms with van der Waals surface area (Å²) in [5.41, 5.74) is 11.7. The molecule has 0 fully saturated rings. The minimum absolute atomic E-state index is 0.861. The molecular formula is C22H21N3S2. The molecule has 5 heteroatoms. The van der Waals surface area contributed by atoms with E-state index in [0.717, 1.165) is 44.0 Å². The maximum absolute atomic E-state index is 6.59. The second-order valence-electron chi connectivity index (χ2n) is 6.35. The largest absolute Gasteiger partial charge is 0.397 e. The summed E-state index contributed by atoms with van der Waals surface area (Å²) in [6.07, 6.45) is 6.03. The van der Waals surface area contributed by atoms with Gasteiger partial charge in [0.05, 0.1) is 15.6 Å². The highest BCUT2D eigenvalue weighted by Crippen LogP contribution is 2.45. The van der Waals surface area contributed by atoms with Gasteiger partial charge in [-0.3, -0.25) is 4.98 Å². The molecule has 0 radical (unpaired) electrons. The first-order valence-corrected chi connectivity index (χ1v) is 10.9. The van der Waals surface area contributed by atoms with Gasteiger partial charge in [0, 0.05) is 23.3 Å². The Hall–Kier alpha value is -2.37. The summed E-state index contributed by atoms with van der Waals surface area (Å²) in [5.74, 6) is 1.09. The van der Waals surface area contributed by atoms with Crippen LogP contribution in [0.1, 0.15) is 19.8 Å². The SMILES string of the molecule is CCCCSc1sc2nc(-c3cccnc3)cc(-c3ccccc3)c2c1N. The summed E-state index contributed by atoms with van der Waals surface area (Å²) in [6.45, 7) is 2.21. The molecule has 4 rings (SSSR count). The second kappa shape index (κ2) is 8.11. The Balaban J connectivity index is 1.91. The molecule has 1 aromatic carbocycles. The third kappa shape index (κ3) is 3.70. The van der Waals surface area contributed by atoms with Crippen LogP contribution in [0, 0.1) is 0 Å². The molecule has 0 atom stereocenters. The Bertz CT molecular complexity index is 1040. The fraction of sp³-hybridized carbons (Fsp3) is 0.182. The number of thiophene rings is 1. The molecule has 0 bridgehead atoms. The van der Waals surface area contributed by atoms with Crippen molar-refractivity contribution in [3.63, 3.8) is 0 Å². The van der Waals surface area contributed by atoms with Crippen molar-refractivity contribution in [2.75, 3.05) is 11.5 Å². The first-order valence-electron chi connectivity index (χ1n) is 9.09. The molecule has 3 heterocycles. The van der Waals surface area contributed by atoms with Crippen molar-refractivity contribution in [2.24, 2.45) is 0 Å². The Morgan fingerprint density at radius 3 is 2.63 bits per heavy atom. The van der Waals surface area contributed by atoms with E-state index in [4.69, 9.17) is 10.7 Å². The average molecular weight is 392 g/mol. The van der Waals surface area contributed by atoms with E-state index in [0.29, 0.717) is 0 Å². The number of unbranched alkanes of at least 4 members (excludes halogenated alkanes) is 1. The number of nitrogens with zero attached hydrogens (tertiary/aromatic N) is 2. The molecule has 3 aromatic heterocycles. The van der Waals surface area contributed by atoms with Gasteiger partial charge in [-0.05, 0) is 41.5 Å². The molecule has 0 aliphatic rings. The molecule has 0 aliphatic heterocycles. The van der Waals surface area contributed by atoms with Crippen LogP contribution in [0.5, 0.6) is 0 Å². The molecular weight excluding hydrogens is 370 g/mol. The first kappa shape index (κ1) is 18.0. The highest BCUT2D eigenvalue weighted by atomic mass is 32.2. The lowest BCUT2D eigenvalue weighted by molar-refractivity contribution is 0.897. The second-order valence-corrected chi connectivity index (χ2v) is 8.71. The zero-order valence-electron chi connectivity index (χ0n) is 15.2. The van der Waals surface area contributed by atoms with Crippen molar-refractivity contribution >= 4 is 39.0 Å². The van der Waals surface area contributed by atoms with E-state index in [-0.39, 0.29) is 0 Å². The van der Waals surface area contributed by atoms with Gasteiger partial charge < -0.3 is 5.73 Å². The van der Waals surface area contributed by atoms with Crippen molar-refractivity contribution in [1.29, 1.82) is 0 Å². The van der Waals surface area contributed by atoms with Gasteiger partial charge in [0.25, 0.3) is 0 Å². The number of hydrogen-bond donors (Lipinski definition) is 1. The number of hydrogen-bond acceptors (Lipinski definition) is 5. The van der Waals surface area contributed by atoms with E-state index in [1.165, 1.54) is 17.1 Å². The quantitative estimate of drug-likeness (QED) is 0.301. The number of benzene rings is 1. The van der Waals surface area contributed by atoms with E-state index in [9.17, 15) is 0 Å². The minimum Gasteiger partial charge on any atom is -0.397 e. The zero-order chi connectivity index (χ0) is 18.6. The number of aromatic nitrogens is 2. The predicted octanol–water partition coefficient (Wildman–Crippen LogP) is 6.50. The summed E-state index contributed by atoms with van der Waals surface area (Å²) in [5, 5.41) is 1.07. The molecule has 3 nitrogen and oxygen atoms in total. The standard InChI is InChI=1S/C22H21N3S2/c1-2-3-12-26-22-20(23)19-17(15-8-5-4-6-9-15)13-18(25-21(19)27-22)16-10-7-11-24-14-16/h4-11,13-14H,2-3,12,23H2,1H3. The third-order valence-electron chi connectivity index (χ3n) is 4.44. The third-order valence-corrected chi connectivity index (χ3v) is 6.91.